The van der Waals surface area contributed by atoms with Gasteiger partial charge in [-0.2, -0.15) is 0 Å². The van der Waals surface area contributed by atoms with Crippen molar-refractivity contribution in [1.82, 2.24) is 39.8 Å². The number of pyridine rings is 7. The van der Waals surface area contributed by atoms with E-state index in [4.69, 9.17) is 123 Å². The van der Waals surface area contributed by atoms with Gasteiger partial charge in [-0.25, -0.2) is 39.7 Å². The van der Waals surface area contributed by atoms with Crippen LogP contribution in [0.2, 0.25) is 36.1 Å². The van der Waals surface area contributed by atoms with Crippen LogP contribution >= 0.6 is 92.8 Å². The van der Waals surface area contributed by atoms with Gasteiger partial charge in [0.1, 0.15) is 48.4 Å². The van der Waals surface area contributed by atoms with Gasteiger partial charge in [-0.1, -0.05) is 95.1 Å². The zero-order valence-electron chi connectivity index (χ0n) is 46.0. The molecule has 2 aliphatic heterocycles. The molecule has 2 aliphatic rings. The van der Waals surface area contributed by atoms with Crippen molar-refractivity contribution in [2.75, 3.05) is 7.11 Å². The maximum absolute atomic E-state index is 11.0. The summed E-state index contributed by atoms with van der Waals surface area (Å²) in [6, 6.07) is 15.3. The number of aliphatic hydroxyl groups excluding tert-OH is 3. The fraction of sp³-hybridized carbons (Fsp3) is 0.286. The molecule has 9 heterocycles. The third-order valence-electron chi connectivity index (χ3n) is 10.5. The van der Waals surface area contributed by atoms with Gasteiger partial charge in [-0.05, 0) is 123 Å². The Labute approximate surface area is 520 Å². The number of esters is 1. The second-order valence-electron chi connectivity index (χ2n) is 17.6. The van der Waals surface area contributed by atoms with Crippen molar-refractivity contribution in [3.8, 4) is 5.75 Å². The Morgan fingerprint density at radius 1 is 0.554 bits per heavy atom. The molecule has 5 N–H and O–H groups in total. The molecule has 9 rings (SSSR count). The van der Waals surface area contributed by atoms with Crippen LogP contribution in [0.15, 0.2) is 98.0 Å². The van der Waals surface area contributed by atoms with E-state index in [1.54, 1.807) is 18.2 Å². The van der Waals surface area contributed by atoms with Crippen LogP contribution in [0, 0.1) is 0 Å². The Bertz CT molecular complexity index is 3130. The van der Waals surface area contributed by atoms with Gasteiger partial charge in [0.25, 0.3) is 5.24 Å². The molecule has 0 spiro atoms. The number of rotatable bonds is 9. The summed E-state index contributed by atoms with van der Waals surface area (Å²) in [6.45, 7) is 14.6. The SMILES string of the molecule is CC(=O)c1ccc(Cl)nc1.CC(=O)c1cnc(Cl)cc1CO.CC(C)N.CC(C)N1Cc2cnc(Cl)cc2C1.COc1cc(Cl)ncc1C(C)=O.O=C(Cl)c1ccc(Cl)nc1.O=C1OCc2cc(Cl)ncc21.OCc1cnc(Cl)cc1CO. The van der Waals surface area contributed by atoms with Crippen LogP contribution in [0.1, 0.15) is 134 Å². The molecule has 83 heavy (non-hydrogen) atoms. The first-order valence-electron chi connectivity index (χ1n) is 24.3. The number of carbonyl (C=O) groups is 5. The van der Waals surface area contributed by atoms with Crippen molar-refractivity contribution in [1.29, 1.82) is 0 Å². The monoisotopic (exact) mass is 1300 g/mol. The minimum absolute atomic E-state index is 0.00386. The molecule has 0 saturated carbocycles. The molecule has 0 bridgehead atoms. The van der Waals surface area contributed by atoms with E-state index < -0.39 is 5.24 Å². The summed E-state index contributed by atoms with van der Waals surface area (Å²) in [5, 5.41) is 28.5. The number of aliphatic hydroxyl groups is 3. The number of cyclic esters (lactones) is 1. The lowest BCUT2D eigenvalue weighted by Gasteiger charge is -2.18. The number of nitrogens with zero attached hydrogens (tertiary/aromatic N) is 8. The van der Waals surface area contributed by atoms with E-state index in [-0.39, 0.29) is 48.3 Å². The molecular formula is C56H59Cl8N9O10. The molecule has 0 aliphatic carbocycles. The third-order valence-corrected chi connectivity index (χ3v) is 12.2. The summed E-state index contributed by atoms with van der Waals surface area (Å²) in [5.41, 5.74) is 12.6. The van der Waals surface area contributed by atoms with Gasteiger partial charge in [-0.15, -0.1) is 0 Å². The highest BCUT2D eigenvalue weighted by Gasteiger charge is 2.22. The van der Waals surface area contributed by atoms with Gasteiger partial charge in [0, 0.05) is 90.8 Å². The smallest absolute Gasteiger partial charge is 0.340 e. The fourth-order valence-electron chi connectivity index (χ4n) is 6.26. The minimum Gasteiger partial charge on any atom is -0.496 e. The highest BCUT2D eigenvalue weighted by Crippen LogP contribution is 2.26. The van der Waals surface area contributed by atoms with Crippen LogP contribution in [0.25, 0.3) is 0 Å². The van der Waals surface area contributed by atoms with Crippen molar-refractivity contribution >= 4 is 121 Å². The molecule has 0 atom stereocenters. The number of fused-ring (bicyclic) bond motifs is 2. The van der Waals surface area contributed by atoms with E-state index in [9.17, 15) is 24.0 Å². The summed E-state index contributed by atoms with van der Waals surface area (Å²) in [5.74, 6) is -0.0601. The zero-order valence-corrected chi connectivity index (χ0v) is 52.1. The molecule has 444 valence electrons. The second-order valence-corrected chi connectivity index (χ2v) is 20.6. The molecule has 0 unspecified atom stereocenters. The zero-order chi connectivity index (χ0) is 62.5. The van der Waals surface area contributed by atoms with Crippen molar-refractivity contribution in [2.45, 2.75) is 100 Å². The molecular weight excluding hydrogens is 1240 g/mol. The molecule has 7 aromatic heterocycles. The Morgan fingerprint density at radius 3 is 1.46 bits per heavy atom. The van der Waals surface area contributed by atoms with E-state index in [2.05, 4.69) is 53.6 Å². The van der Waals surface area contributed by atoms with Gasteiger partial charge < -0.3 is 30.5 Å². The number of halogens is 8. The van der Waals surface area contributed by atoms with Gasteiger partial charge in [-0.3, -0.25) is 24.1 Å². The lowest BCUT2D eigenvalue weighted by molar-refractivity contribution is 0.0534. The number of hydrogen-bond donors (Lipinski definition) is 4. The van der Waals surface area contributed by atoms with Gasteiger partial charge in [0.05, 0.1) is 43.6 Å². The summed E-state index contributed by atoms with van der Waals surface area (Å²) < 4.78 is 9.68. The van der Waals surface area contributed by atoms with Crippen LogP contribution in [0.3, 0.4) is 0 Å². The van der Waals surface area contributed by atoms with Crippen molar-refractivity contribution in [2.24, 2.45) is 5.73 Å². The first-order valence-corrected chi connectivity index (χ1v) is 27.4. The average Bonchev–Trinajstić information content (AvgIpc) is 4.20. The average molecular weight is 1300 g/mol. The molecule has 0 fully saturated rings. The maximum atomic E-state index is 11.0. The standard InChI is InChI=1S/C10H13ClN2.2C8H8ClNO2.C7H4ClNO2.C7H8ClNO2.C7H6ClNO.C6H3Cl2NO.C3H9N/c1-7(2)13-5-8-3-10(11)12-4-9(8)6-13;1-5(11)6-4-10-8(9)3-7(6)12-2;1-5(12)7-3-10-8(9)2-6(7)4-11;8-6-1-4-3-11-7(10)5(4)2-9-6;8-7-1-5(3-10)6(4-11)2-9-7;1-5(10)6-2-3-7(8)9-4-6;7-5-2-1-4(3-9-5)6(8)10;1-3(2)4/h3-4,7H,5-6H2,1-2H3;3-4H,1-2H3;2-3,11H,4H2,1H3;1-2H,3H2;1-2,10-11H,3-4H2;2-4H,1H3;1-3H;3H,4H2,1-2H3. The number of ether oxygens (including phenoxy) is 2. The number of Topliss-reactive ketones (excluding diaryl/α,β-unsaturated/α-hetero) is 3. The number of hydrogen-bond acceptors (Lipinski definition) is 19. The number of carbonyl (C=O) groups excluding carboxylic acids is 5. The van der Waals surface area contributed by atoms with E-state index in [0.29, 0.717) is 99.9 Å². The maximum Gasteiger partial charge on any atom is 0.340 e. The number of aromatic nitrogens is 7. The van der Waals surface area contributed by atoms with Crippen LogP contribution < -0.4 is 10.5 Å². The third kappa shape index (κ3) is 27.1. The predicted octanol–water partition coefficient (Wildman–Crippen LogP) is 12.4. The highest BCUT2D eigenvalue weighted by molar-refractivity contribution is 6.67. The first kappa shape index (κ1) is 73.2. The molecule has 0 radical (unpaired) electrons. The lowest BCUT2D eigenvalue weighted by Crippen LogP contribution is -2.24. The van der Waals surface area contributed by atoms with E-state index in [1.807, 2.05) is 26.1 Å². The normalized spacial score (nSPS) is 11.4. The summed E-state index contributed by atoms with van der Waals surface area (Å²) in [7, 11) is 1.48. The largest absolute Gasteiger partial charge is 0.496 e. The molecule has 19 nitrogen and oxygen atoms in total. The fourth-order valence-corrected chi connectivity index (χ4v) is 7.47. The van der Waals surface area contributed by atoms with Crippen LogP contribution in [0.5, 0.6) is 5.75 Å². The topological polar surface area (TPSA) is 284 Å². The van der Waals surface area contributed by atoms with Crippen molar-refractivity contribution < 1.29 is 48.8 Å². The molecule has 27 heteroatoms. The minimum atomic E-state index is -0.524. The summed E-state index contributed by atoms with van der Waals surface area (Å²) in [6.07, 6.45) is 10.4. The van der Waals surface area contributed by atoms with Crippen LogP contribution in [0.4, 0.5) is 0 Å². The van der Waals surface area contributed by atoms with Crippen LogP contribution in [-0.2, 0) is 44.3 Å². The molecule has 7 aromatic rings. The van der Waals surface area contributed by atoms with E-state index in [0.717, 1.165) is 18.7 Å². The predicted molar refractivity (Wildman–Crippen MR) is 322 cm³/mol. The van der Waals surface area contributed by atoms with Crippen molar-refractivity contribution in [3.05, 3.63) is 195 Å². The van der Waals surface area contributed by atoms with E-state index >= 15 is 0 Å². The second kappa shape index (κ2) is 38.1. The van der Waals surface area contributed by atoms with Crippen LogP contribution in [-0.4, -0.2) is 103 Å². The number of ketones is 3. The highest BCUT2D eigenvalue weighted by atomic mass is 35.5. The Hall–Kier alpha value is -5.88. The summed E-state index contributed by atoms with van der Waals surface area (Å²) in [4.78, 5) is 82.8. The number of nitrogens with two attached hydrogens (primary N) is 1. The Balaban J connectivity index is 0.000000327. The molecule has 0 saturated heterocycles. The Morgan fingerprint density at radius 2 is 0.988 bits per heavy atom. The van der Waals surface area contributed by atoms with Gasteiger partial charge in [0.2, 0.25) is 0 Å². The van der Waals surface area contributed by atoms with Crippen molar-refractivity contribution in [3.63, 3.8) is 0 Å². The van der Waals surface area contributed by atoms with Gasteiger partial charge >= 0.3 is 5.97 Å². The molecule has 0 aromatic carbocycles. The molecule has 0 amide bonds. The lowest BCUT2D eigenvalue weighted by atomic mass is 10.1. The number of methoxy groups -OCH3 is 1. The Kier molecular flexibility index (Phi) is 33.6. The quantitative estimate of drug-likeness (QED) is 0.0452. The van der Waals surface area contributed by atoms with E-state index in [1.165, 1.54) is 107 Å². The summed E-state index contributed by atoms with van der Waals surface area (Å²) >= 11 is 44.2. The van der Waals surface area contributed by atoms with Gasteiger partial charge in [0.15, 0.2) is 17.3 Å². The first-order chi connectivity index (χ1) is 39.1.